The monoisotopic (exact) mass is 241 g/mol. The van der Waals surface area contributed by atoms with Crippen molar-refractivity contribution >= 4 is 0 Å². The first-order valence-electron chi connectivity index (χ1n) is 5.97. The second-order valence-corrected chi connectivity index (χ2v) is 5.44. The molecule has 0 heterocycles. The number of hydrogen-bond donors (Lipinski definition) is 1. The highest BCUT2D eigenvalue weighted by Gasteiger charge is 2.18. The van der Waals surface area contributed by atoms with Gasteiger partial charge in [-0.1, -0.05) is 32.9 Å². The molecule has 0 unspecified atom stereocenters. The van der Waals surface area contributed by atoms with E-state index in [0.717, 1.165) is 5.56 Å². The van der Waals surface area contributed by atoms with E-state index >= 15 is 0 Å². The van der Waals surface area contributed by atoms with Gasteiger partial charge in [0.05, 0.1) is 0 Å². The molecule has 0 aliphatic carbocycles. The minimum absolute atomic E-state index is 0.0489. The Morgan fingerprint density at radius 1 is 1.29 bits per heavy atom. The molecule has 0 bridgehead atoms. The Morgan fingerprint density at radius 2 is 1.94 bits per heavy atom. The van der Waals surface area contributed by atoms with Crippen LogP contribution in [0.25, 0.3) is 0 Å². The third kappa shape index (κ3) is 4.08. The molecule has 3 heteroatoms. The van der Waals surface area contributed by atoms with Crippen LogP contribution in [0.3, 0.4) is 0 Å². The lowest BCUT2D eigenvalue weighted by Crippen LogP contribution is -2.16. The standard InChI is InChI=1S/C14H21F2N/c1-14(2,3)12-8-10(5-7-13(12)16)4-6-11(15)9-17/h5,7-8,11H,4,6,9,17H2,1-3H3/t11-/m1/s1. The van der Waals surface area contributed by atoms with Crippen LogP contribution in [-0.4, -0.2) is 12.7 Å². The highest BCUT2D eigenvalue weighted by atomic mass is 19.1. The summed E-state index contributed by atoms with van der Waals surface area (Å²) in [5.41, 5.74) is 6.64. The third-order valence-corrected chi connectivity index (χ3v) is 2.84. The molecule has 2 N–H and O–H groups in total. The maximum Gasteiger partial charge on any atom is 0.126 e. The molecule has 17 heavy (non-hydrogen) atoms. The number of aryl methyl sites for hydroxylation is 1. The molecular weight excluding hydrogens is 220 g/mol. The van der Waals surface area contributed by atoms with Crippen molar-refractivity contribution in [1.82, 2.24) is 0 Å². The summed E-state index contributed by atoms with van der Waals surface area (Å²) < 4.78 is 26.7. The first-order valence-corrected chi connectivity index (χ1v) is 5.97. The van der Waals surface area contributed by atoms with E-state index in [0.29, 0.717) is 18.4 Å². The highest BCUT2D eigenvalue weighted by Crippen LogP contribution is 2.26. The van der Waals surface area contributed by atoms with E-state index in [9.17, 15) is 8.78 Å². The number of nitrogens with two attached hydrogens (primary N) is 1. The normalized spacial score (nSPS) is 13.8. The molecule has 1 atom stereocenters. The molecule has 0 saturated carbocycles. The fourth-order valence-electron chi connectivity index (χ4n) is 1.74. The third-order valence-electron chi connectivity index (χ3n) is 2.84. The van der Waals surface area contributed by atoms with Gasteiger partial charge in [0, 0.05) is 6.54 Å². The van der Waals surface area contributed by atoms with E-state index in [-0.39, 0.29) is 17.8 Å². The Kier molecular flexibility index (Phi) is 4.63. The summed E-state index contributed by atoms with van der Waals surface area (Å²) in [6.45, 7) is 5.94. The summed E-state index contributed by atoms with van der Waals surface area (Å²) in [5.74, 6) is -0.197. The first-order chi connectivity index (χ1) is 7.84. The van der Waals surface area contributed by atoms with E-state index in [1.807, 2.05) is 26.8 Å². The lowest BCUT2D eigenvalue weighted by molar-refractivity contribution is 0.322. The number of alkyl halides is 1. The van der Waals surface area contributed by atoms with Crippen molar-refractivity contribution in [2.45, 2.75) is 45.2 Å². The van der Waals surface area contributed by atoms with Crippen LogP contribution in [0.15, 0.2) is 18.2 Å². The van der Waals surface area contributed by atoms with E-state index in [4.69, 9.17) is 5.73 Å². The fourth-order valence-corrected chi connectivity index (χ4v) is 1.74. The summed E-state index contributed by atoms with van der Waals surface area (Å²) in [4.78, 5) is 0. The summed E-state index contributed by atoms with van der Waals surface area (Å²) in [6.07, 6.45) is 0.0195. The molecule has 1 rings (SSSR count). The van der Waals surface area contributed by atoms with Crippen LogP contribution in [0.4, 0.5) is 8.78 Å². The van der Waals surface area contributed by atoms with Crippen LogP contribution in [0, 0.1) is 5.82 Å². The van der Waals surface area contributed by atoms with Crippen molar-refractivity contribution in [1.29, 1.82) is 0 Å². The molecule has 0 spiro atoms. The van der Waals surface area contributed by atoms with Crippen molar-refractivity contribution in [3.8, 4) is 0 Å². The van der Waals surface area contributed by atoms with Gasteiger partial charge < -0.3 is 5.73 Å². The number of hydrogen-bond acceptors (Lipinski definition) is 1. The van der Waals surface area contributed by atoms with Gasteiger partial charge in [-0.3, -0.25) is 0 Å². The van der Waals surface area contributed by atoms with Crippen LogP contribution in [0.2, 0.25) is 0 Å². The van der Waals surface area contributed by atoms with Gasteiger partial charge in [0.15, 0.2) is 0 Å². The molecular formula is C14H21F2N. The van der Waals surface area contributed by atoms with Crippen LogP contribution >= 0.6 is 0 Å². The van der Waals surface area contributed by atoms with Crippen molar-refractivity contribution in [2.24, 2.45) is 5.73 Å². The Labute approximate surface area is 102 Å². The van der Waals surface area contributed by atoms with E-state index in [2.05, 4.69) is 0 Å². The predicted molar refractivity (Wildman–Crippen MR) is 67.4 cm³/mol. The van der Waals surface area contributed by atoms with Gasteiger partial charge >= 0.3 is 0 Å². The molecule has 0 amide bonds. The predicted octanol–water partition coefficient (Wildman–Crippen LogP) is 3.35. The van der Waals surface area contributed by atoms with Crippen molar-refractivity contribution in [2.75, 3.05) is 6.54 Å². The largest absolute Gasteiger partial charge is 0.328 e. The van der Waals surface area contributed by atoms with Gasteiger partial charge in [-0.25, -0.2) is 8.78 Å². The van der Waals surface area contributed by atoms with Crippen LogP contribution in [-0.2, 0) is 11.8 Å². The van der Waals surface area contributed by atoms with E-state index < -0.39 is 6.17 Å². The molecule has 0 radical (unpaired) electrons. The molecule has 0 saturated heterocycles. The average molecular weight is 241 g/mol. The zero-order valence-corrected chi connectivity index (χ0v) is 10.8. The molecule has 0 aliphatic heterocycles. The molecule has 0 aliphatic rings. The average Bonchev–Trinajstić information content (AvgIpc) is 2.26. The van der Waals surface area contributed by atoms with Crippen molar-refractivity contribution < 1.29 is 8.78 Å². The topological polar surface area (TPSA) is 26.0 Å². The van der Waals surface area contributed by atoms with Gasteiger partial charge in [0.2, 0.25) is 0 Å². The fraction of sp³-hybridized carbons (Fsp3) is 0.571. The zero-order chi connectivity index (χ0) is 13.1. The lowest BCUT2D eigenvalue weighted by Gasteiger charge is -2.20. The zero-order valence-electron chi connectivity index (χ0n) is 10.8. The minimum atomic E-state index is -0.974. The van der Waals surface area contributed by atoms with Crippen LogP contribution in [0.1, 0.15) is 38.3 Å². The van der Waals surface area contributed by atoms with Crippen LogP contribution < -0.4 is 5.73 Å². The molecule has 0 fully saturated rings. The summed E-state index contributed by atoms with van der Waals surface area (Å²) >= 11 is 0. The Hall–Kier alpha value is -0.960. The van der Waals surface area contributed by atoms with Gasteiger partial charge in [-0.05, 0) is 35.4 Å². The van der Waals surface area contributed by atoms with Gasteiger partial charge in [0.1, 0.15) is 12.0 Å². The quantitative estimate of drug-likeness (QED) is 0.859. The second kappa shape index (κ2) is 5.58. The summed E-state index contributed by atoms with van der Waals surface area (Å²) in [6, 6.07) is 5.01. The summed E-state index contributed by atoms with van der Waals surface area (Å²) in [7, 11) is 0. The van der Waals surface area contributed by atoms with Gasteiger partial charge in [-0.15, -0.1) is 0 Å². The maximum atomic E-state index is 13.6. The number of halogens is 2. The Bertz CT molecular complexity index is 369. The maximum absolute atomic E-state index is 13.6. The second-order valence-electron chi connectivity index (χ2n) is 5.44. The first kappa shape index (κ1) is 14.1. The van der Waals surface area contributed by atoms with E-state index in [1.165, 1.54) is 6.07 Å². The van der Waals surface area contributed by atoms with Gasteiger partial charge in [-0.2, -0.15) is 0 Å². The van der Waals surface area contributed by atoms with Gasteiger partial charge in [0.25, 0.3) is 0 Å². The number of benzene rings is 1. The number of rotatable bonds is 4. The Balaban J connectivity index is 2.82. The van der Waals surface area contributed by atoms with E-state index in [1.54, 1.807) is 6.07 Å². The SMILES string of the molecule is CC(C)(C)c1cc(CC[C@@H](F)CN)ccc1F. The van der Waals surface area contributed by atoms with Crippen molar-refractivity contribution in [3.05, 3.63) is 35.1 Å². The van der Waals surface area contributed by atoms with Crippen molar-refractivity contribution in [3.63, 3.8) is 0 Å². The molecule has 1 nitrogen and oxygen atoms in total. The molecule has 1 aromatic rings. The molecule has 0 aromatic heterocycles. The summed E-state index contributed by atoms with van der Waals surface area (Å²) in [5, 5.41) is 0. The minimum Gasteiger partial charge on any atom is -0.328 e. The smallest absolute Gasteiger partial charge is 0.126 e. The lowest BCUT2D eigenvalue weighted by atomic mass is 9.85. The van der Waals surface area contributed by atoms with Crippen LogP contribution in [0.5, 0.6) is 0 Å². The highest BCUT2D eigenvalue weighted by molar-refractivity contribution is 5.30. The Morgan fingerprint density at radius 3 is 2.47 bits per heavy atom. The molecule has 96 valence electrons. The molecule has 1 aromatic carbocycles.